The molecule has 1 fully saturated rings. The van der Waals surface area contributed by atoms with Gasteiger partial charge in [-0.15, -0.1) is 0 Å². The van der Waals surface area contributed by atoms with Gasteiger partial charge in [-0.1, -0.05) is 26.7 Å². The van der Waals surface area contributed by atoms with E-state index in [-0.39, 0.29) is 11.2 Å². The molecule has 22 heavy (non-hydrogen) atoms. The summed E-state index contributed by atoms with van der Waals surface area (Å²) in [6, 6.07) is 0.348. The highest BCUT2D eigenvalue weighted by atomic mass is 16.2. The van der Waals surface area contributed by atoms with Gasteiger partial charge in [0.05, 0.1) is 6.33 Å². The van der Waals surface area contributed by atoms with Gasteiger partial charge in [0.15, 0.2) is 11.2 Å². The number of fused-ring (bicyclic) bond motifs is 1. The van der Waals surface area contributed by atoms with Gasteiger partial charge < -0.3 is 4.57 Å². The zero-order valence-corrected chi connectivity index (χ0v) is 13.4. The van der Waals surface area contributed by atoms with Crippen LogP contribution in [-0.2, 0) is 13.1 Å². The van der Waals surface area contributed by atoms with Gasteiger partial charge in [0.2, 0.25) is 0 Å². The van der Waals surface area contributed by atoms with Gasteiger partial charge in [-0.25, -0.2) is 9.78 Å². The van der Waals surface area contributed by atoms with Crippen molar-refractivity contribution in [1.82, 2.24) is 18.7 Å². The second-order valence-electron chi connectivity index (χ2n) is 6.15. The zero-order chi connectivity index (χ0) is 15.7. The molecule has 1 aliphatic rings. The lowest BCUT2D eigenvalue weighted by Gasteiger charge is -2.14. The van der Waals surface area contributed by atoms with Crippen molar-refractivity contribution < 1.29 is 0 Å². The number of imidazole rings is 1. The highest BCUT2D eigenvalue weighted by Gasteiger charge is 2.23. The Hall–Kier alpha value is -1.85. The highest BCUT2D eigenvalue weighted by molar-refractivity contribution is 5.70. The van der Waals surface area contributed by atoms with Crippen LogP contribution >= 0.6 is 0 Å². The first-order valence-corrected chi connectivity index (χ1v) is 8.39. The van der Waals surface area contributed by atoms with Crippen molar-refractivity contribution in [1.29, 1.82) is 0 Å². The molecule has 0 unspecified atom stereocenters. The molecule has 0 aliphatic heterocycles. The van der Waals surface area contributed by atoms with E-state index in [2.05, 4.69) is 4.98 Å². The Morgan fingerprint density at radius 2 is 1.73 bits per heavy atom. The van der Waals surface area contributed by atoms with E-state index in [1.54, 1.807) is 10.9 Å². The largest absolute Gasteiger partial charge is 0.332 e. The van der Waals surface area contributed by atoms with Crippen LogP contribution in [0.1, 0.15) is 58.4 Å². The van der Waals surface area contributed by atoms with E-state index in [1.807, 2.05) is 18.4 Å². The summed E-state index contributed by atoms with van der Waals surface area (Å²) in [5.74, 6) is 0. The lowest BCUT2D eigenvalue weighted by molar-refractivity contribution is 0.521. The number of hydrogen-bond donors (Lipinski definition) is 0. The third-order valence-electron chi connectivity index (χ3n) is 4.55. The average Bonchev–Trinajstić information content (AvgIpc) is 3.16. The molecule has 0 saturated heterocycles. The first-order chi connectivity index (χ1) is 10.7. The van der Waals surface area contributed by atoms with Gasteiger partial charge in [0, 0.05) is 19.1 Å². The Bertz CT molecular complexity index is 778. The average molecular weight is 304 g/mol. The van der Waals surface area contributed by atoms with Crippen molar-refractivity contribution in [3.05, 3.63) is 27.2 Å². The standard InChI is InChI=1S/C16H24N4O2/c1-3-9-18-14-13(15(21)19(10-4-2)16(18)22)20(11-17-14)12-7-5-6-8-12/h11-12H,3-10H2,1-2H3. The van der Waals surface area contributed by atoms with Gasteiger partial charge >= 0.3 is 5.69 Å². The number of rotatable bonds is 5. The normalized spacial score (nSPS) is 15.9. The van der Waals surface area contributed by atoms with Crippen LogP contribution in [0, 0.1) is 0 Å². The van der Waals surface area contributed by atoms with Crippen LogP contribution in [0.15, 0.2) is 15.9 Å². The summed E-state index contributed by atoms with van der Waals surface area (Å²) in [4.78, 5) is 29.8. The third kappa shape index (κ3) is 2.30. The molecule has 1 aliphatic carbocycles. The minimum atomic E-state index is -0.224. The van der Waals surface area contributed by atoms with Crippen molar-refractivity contribution in [2.45, 2.75) is 71.5 Å². The number of aryl methyl sites for hydroxylation is 1. The van der Waals surface area contributed by atoms with Crippen LogP contribution in [0.4, 0.5) is 0 Å². The fraction of sp³-hybridized carbons (Fsp3) is 0.688. The van der Waals surface area contributed by atoms with Crippen molar-refractivity contribution in [3.63, 3.8) is 0 Å². The molecule has 6 nitrogen and oxygen atoms in total. The fourth-order valence-corrected chi connectivity index (χ4v) is 3.51. The Morgan fingerprint density at radius 1 is 1.09 bits per heavy atom. The second-order valence-corrected chi connectivity index (χ2v) is 6.15. The topological polar surface area (TPSA) is 61.8 Å². The molecule has 1 saturated carbocycles. The maximum absolute atomic E-state index is 12.8. The van der Waals surface area contributed by atoms with Crippen LogP contribution in [0.25, 0.3) is 11.2 Å². The van der Waals surface area contributed by atoms with E-state index in [0.717, 1.165) is 25.7 Å². The maximum Gasteiger partial charge on any atom is 0.332 e. The lowest BCUT2D eigenvalue weighted by Crippen LogP contribution is -2.40. The summed E-state index contributed by atoms with van der Waals surface area (Å²) >= 11 is 0. The molecule has 2 heterocycles. The van der Waals surface area contributed by atoms with E-state index < -0.39 is 0 Å². The molecule has 0 radical (unpaired) electrons. The molecule has 0 amide bonds. The Labute approximate surface area is 129 Å². The molecule has 2 aromatic rings. The Morgan fingerprint density at radius 3 is 2.36 bits per heavy atom. The van der Waals surface area contributed by atoms with Gasteiger partial charge in [0.1, 0.15) is 0 Å². The Kier molecular flexibility index (Phi) is 4.18. The SMILES string of the molecule is CCCn1c(=O)c2c(ncn2C2CCCC2)n(CCC)c1=O. The van der Waals surface area contributed by atoms with Gasteiger partial charge in [-0.05, 0) is 25.7 Å². The predicted molar refractivity (Wildman–Crippen MR) is 86.3 cm³/mol. The van der Waals surface area contributed by atoms with Gasteiger partial charge in [0.25, 0.3) is 5.56 Å². The summed E-state index contributed by atoms with van der Waals surface area (Å²) in [5, 5.41) is 0. The van der Waals surface area contributed by atoms with E-state index in [1.165, 1.54) is 17.4 Å². The van der Waals surface area contributed by atoms with Crippen LogP contribution < -0.4 is 11.2 Å². The molecular formula is C16H24N4O2. The monoisotopic (exact) mass is 304 g/mol. The zero-order valence-electron chi connectivity index (χ0n) is 13.4. The lowest BCUT2D eigenvalue weighted by atomic mass is 10.2. The highest BCUT2D eigenvalue weighted by Crippen LogP contribution is 2.30. The minimum Gasteiger partial charge on any atom is -0.322 e. The quantitative estimate of drug-likeness (QED) is 0.851. The summed E-state index contributed by atoms with van der Waals surface area (Å²) in [5.41, 5.74) is 0.751. The molecular weight excluding hydrogens is 280 g/mol. The van der Waals surface area contributed by atoms with E-state index >= 15 is 0 Å². The van der Waals surface area contributed by atoms with Crippen LogP contribution in [-0.4, -0.2) is 18.7 Å². The van der Waals surface area contributed by atoms with E-state index in [0.29, 0.717) is 30.3 Å². The first-order valence-electron chi connectivity index (χ1n) is 8.39. The molecule has 0 aromatic carbocycles. The van der Waals surface area contributed by atoms with Gasteiger partial charge in [-0.2, -0.15) is 0 Å². The van der Waals surface area contributed by atoms with Gasteiger partial charge in [-0.3, -0.25) is 13.9 Å². The smallest absolute Gasteiger partial charge is 0.322 e. The molecule has 120 valence electrons. The van der Waals surface area contributed by atoms with Crippen molar-refractivity contribution in [2.75, 3.05) is 0 Å². The third-order valence-corrected chi connectivity index (χ3v) is 4.55. The molecule has 3 rings (SSSR count). The molecule has 6 heteroatoms. The molecule has 0 spiro atoms. The van der Waals surface area contributed by atoms with Crippen molar-refractivity contribution in [2.24, 2.45) is 0 Å². The Balaban J connectivity index is 2.29. The molecule has 0 bridgehead atoms. The molecule has 0 N–H and O–H groups in total. The first kappa shape index (κ1) is 15.1. The van der Waals surface area contributed by atoms with Crippen molar-refractivity contribution >= 4 is 11.2 Å². The number of hydrogen-bond acceptors (Lipinski definition) is 3. The van der Waals surface area contributed by atoms with Crippen LogP contribution in [0.2, 0.25) is 0 Å². The summed E-state index contributed by atoms with van der Waals surface area (Å²) in [6.07, 6.45) is 7.94. The van der Waals surface area contributed by atoms with Crippen molar-refractivity contribution in [3.8, 4) is 0 Å². The van der Waals surface area contributed by atoms with Crippen LogP contribution in [0.5, 0.6) is 0 Å². The number of aromatic nitrogens is 4. The second kappa shape index (κ2) is 6.10. The summed E-state index contributed by atoms with van der Waals surface area (Å²) in [6.45, 7) is 5.07. The minimum absolute atomic E-state index is 0.182. The maximum atomic E-state index is 12.8. The van der Waals surface area contributed by atoms with E-state index in [4.69, 9.17) is 0 Å². The van der Waals surface area contributed by atoms with E-state index in [9.17, 15) is 9.59 Å². The summed E-state index contributed by atoms with van der Waals surface area (Å²) < 4.78 is 5.06. The molecule has 0 atom stereocenters. The van der Waals surface area contributed by atoms with Crippen LogP contribution in [0.3, 0.4) is 0 Å². The molecule has 2 aromatic heterocycles. The predicted octanol–water partition coefficient (Wildman–Crippen LogP) is 2.29. The number of nitrogens with zero attached hydrogens (tertiary/aromatic N) is 4. The fourth-order valence-electron chi connectivity index (χ4n) is 3.51. The summed E-state index contributed by atoms with van der Waals surface area (Å²) in [7, 11) is 0.